The standard InChI is InChI=1S/C59H39NO/c1-4-20-41(21-5-1)45-31-17-33-49-57-54(38-19-39-55(57)61-58(45)49)60(52-36-15-13-29-47(52)46-32-16-23-40-22-10-11-28-44(40)46)53-37-18-35-51-56(53)48-30-12-14-34-50(48)59(51,42-24-6-2-7-25-42)43-26-8-3-9-27-43/h1-39H. The lowest BCUT2D eigenvalue weighted by atomic mass is 9.68. The number of furan rings is 1. The summed E-state index contributed by atoms with van der Waals surface area (Å²) in [7, 11) is 0. The fraction of sp³-hybridized carbons (Fsp3) is 0.0169. The summed E-state index contributed by atoms with van der Waals surface area (Å²) < 4.78 is 6.94. The fourth-order valence-electron chi connectivity index (χ4n) is 10.3. The Morgan fingerprint density at radius 1 is 0.344 bits per heavy atom. The molecule has 0 spiro atoms. The molecule has 0 bridgehead atoms. The molecule has 11 aromatic rings. The summed E-state index contributed by atoms with van der Waals surface area (Å²) in [5.41, 5.74) is 16.4. The first-order chi connectivity index (χ1) is 30.3. The predicted molar refractivity (Wildman–Crippen MR) is 254 cm³/mol. The minimum absolute atomic E-state index is 0.551. The molecule has 0 aliphatic heterocycles. The average molecular weight is 778 g/mol. The molecule has 0 unspecified atom stereocenters. The fourth-order valence-corrected chi connectivity index (χ4v) is 10.3. The lowest BCUT2D eigenvalue weighted by Gasteiger charge is -2.34. The third-order valence-corrected chi connectivity index (χ3v) is 12.8. The van der Waals surface area contributed by atoms with Gasteiger partial charge in [-0.15, -0.1) is 0 Å². The zero-order chi connectivity index (χ0) is 40.3. The molecule has 12 rings (SSSR count). The highest BCUT2D eigenvalue weighted by atomic mass is 16.3. The van der Waals surface area contributed by atoms with E-state index in [0.29, 0.717) is 0 Å². The lowest BCUT2D eigenvalue weighted by Crippen LogP contribution is -2.28. The van der Waals surface area contributed by atoms with Crippen LogP contribution in [0, 0.1) is 0 Å². The van der Waals surface area contributed by atoms with E-state index in [-0.39, 0.29) is 0 Å². The Kier molecular flexibility index (Phi) is 8.11. The van der Waals surface area contributed by atoms with Gasteiger partial charge in [0.15, 0.2) is 0 Å². The van der Waals surface area contributed by atoms with Gasteiger partial charge >= 0.3 is 0 Å². The highest BCUT2D eigenvalue weighted by molar-refractivity contribution is 6.17. The Labute approximate surface area is 355 Å². The minimum atomic E-state index is -0.551. The van der Waals surface area contributed by atoms with E-state index in [9.17, 15) is 0 Å². The van der Waals surface area contributed by atoms with Crippen molar-refractivity contribution in [3.8, 4) is 33.4 Å². The summed E-state index contributed by atoms with van der Waals surface area (Å²) in [6.07, 6.45) is 0. The second kappa shape index (κ2) is 14.1. The van der Waals surface area contributed by atoms with E-state index in [2.05, 4.69) is 241 Å². The van der Waals surface area contributed by atoms with Crippen molar-refractivity contribution in [2.45, 2.75) is 5.41 Å². The smallest absolute Gasteiger partial charge is 0.143 e. The normalized spacial score (nSPS) is 12.7. The van der Waals surface area contributed by atoms with Gasteiger partial charge in [0.05, 0.1) is 27.9 Å². The molecule has 2 heteroatoms. The van der Waals surface area contributed by atoms with Crippen LogP contribution in [0.15, 0.2) is 241 Å². The summed E-state index contributed by atoms with van der Waals surface area (Å²) in [5.74, 6) is 0. The quantitative estimate of drug-likeness (QED) is 0.160. The van der Waals surface area contributed by atoms with Gasteiger partial charge in [0.2, 0.25) is 0 Å². The Morgan fingerprint density at radius 3 is 1.67 bits per heavy atom. The van der Waals surface area contributed by atoms with Gasteiger partial charge in [-0.05, 0) is 74.0 Å². The highest BCUT2D eigenvalue weighted by Gasteiger charge is 2.47. The van der Waals surface area contributed by atoms with E-state index in [1.165, 1.54) is 49.7 Å². The van der Waals surface area contributed by atoms with E-state index in [0.717, 1.165) is 55.7 Å². The minimum Gasteiger partial charge on any atom is -0.455 e. The molecule has 0 saturated heterocycles. The number of hydrogen-bond donors (Lipinski definition) is 0. The van der Waals surface area contributed by atoms with Crippen LogP contribution < -0.4 is 4.90 Å². The molecule has 1 aliphatic carbocycles. The van der Waals surface area contributed by atoms with Crippen molar-refractivity contribution in [2.75, 3.05) is 4.90 Å². The number of hydrogen-bond acceptors (Lipinski definition) is 2. The second-order valence-electron chi connectivity index (χ2n) is 15.9. The van der Waals surface area contributed by atoms with E-state index in [4.69, 9.17) is 4.42 Å². The molecule has 1 heterocycles. The molecule has 2 nitrogen and oxygen atoms in total. The molecule has 1 aromatic heterocycles. The van der Waals surface area contributed by atoms with Crippen molar-refractivity contribution >= 4 is 49.8 Å². The molecule has 0 radical (unpaired) electrons. The maximum atomic E-state index is 6.94. The van der Waals surface area contributed by atoms with E-state index >= 15 is 0 Å². The Hall–Kier alpha value is -7.94. The van der Waals surface area contributed by atoms with Crippen molar-refractivity contribution in [3.05, 3.63) is 259 Å². The Morgan fingerprint density at radius 2 is 0.869 bits per heavy atom. The summed E-state index contributed by atoms with van der Waals surface area (Å²) in [6.45, 7) is 0. The molecular weight excluding hydrogens is 739 g/mol. The largest absolute Gasteiger partial charge is 0.455 e. The van der Waals surface area contributed by atoms with E-state index < -0.39 is 5.41 Å². The van der Waals surface area contributed by atoms with Crippen molar-refractivity contribution in [1.82, 2.24) is 0 Å². The number of benzene rings is 10. The maximum absolute atomic E-state index is 6.94. The predicted octanol–water partition coefficient (Wildman–Crippen LogP) is 15.9. The number of anilines is 3. The van der Waals surface area contributed by atoms with Crippen LogP contribution in [-0.2, 0) is 5.41 Å². The van der Waals surface area contributed by atoms with Gasteiger partial charge < -0.3 is 9.32 Å². The first-order valence-corrected chi connectivity index (χ1v) is 21.0. The number of fused-ring (bicyclic) bond motifs is 7. The van der Waals surface area contributed by atoms with Gasteiger partial charge in [-0.25, -0.2) is 0 Å². The Balaban J connectivity index is 1.22. The third kappa shape index (κ3) is 5.29. The summed E-state index contributed by atoms with van der Waals surface area (Å²) in [6, 6.07) is 86.0. The van der Waals surface area contributed by atoms with Gasteiger partial charge in [0.25, 0.3) is 0 Å². The van der Waals surface area contributed by atoms with Crippen LogP contribution in [0.4, 0.5) is 17.1 Å². The maximum Gasteiger partial charge on any atom is 0.143 e. The molecule has 286 valence electrons. The van der Waals surface area contributed by atoms with Crippen molar-refractivity contribution < 1.29 is 4.42 Å². The number of rotatable bonds is 7. The first kappa shape index (κ1) is 35.0. The van der Waals surface area contributed by atoms with Crippen LogP contribution in [0.3, 0.4) is 0 Å². The average Bonchev–Trinajstić information content (AvgIpc) is 3.88. The SMILES string of the molecule is c1ccc(-c2cccc3c2oc2cccc(N(c4ccccc4-c4cccc5ccccc45)c4cccc5c4-c4ccccc4C5(c4ccccc4)c4ccccc4)c23)cc1. The van der Waals surface area contributed by atoms with Crippen LogP contribution in [0.2, 0.25) is 0 Å². The van der Waals surface area contributed by atoms with Crippen molar-refractivity contribution in [3.63, 3.8) is 0 Å². The number of nitrogens with zero attached hydrogens (tertiary/aromatic N) is 1. The van der Waals surface area contributed by atoms with Crippen LogP contribution in [-0.4, -0.2) is 0 Å². The van der Waals surface area contributed by atoms with Crippen molar-refractivity contribution in [1.29, 1.82) is 0 Å². The monoisotopic (exact) mass is 777 g/mol. The van der Waals surface area contributed by atoms with Crippen LogP contribution in [0.1, 0.15) is 22.3 Å². The summed E-state index contributed by atoms with van der Waals surface area (Å²) >= 11 is 0. The van der Waals surface area contributed by atoms with Gasteiger partial charge in [-0.2, -0.15) is 0 Å². The zero-order valence-electron chi connectivity index (χ0n) is 33.4. The second-order valence-corrected chi connectivity index (χ2v) is 15.9. The van der Waals surface area contributed by atoms with Crippen molar-refractivity contribution in [2.24, 2.45) is 0 Å². The van der Waals surface area contributed by atoms with Gasteiger partial charge in [-0.1, -0.05) is 212 Å². The number of para-hydroxylation sites is 2. The van der Waals surface area contributed by atoms with E-state index in [1.54, 1.807) is 0 Å². The summed E-state index contributed by atoms with van der Waals surface area (Å²) in [4.78, 5) is 2.52. The highest BCUT2D eigenvalue weighted by Crippen LogP contribution is 2.60. The lowest BCUT2D eigenvalue weighted by molar-refractivity contribution is 0.670. The van der Waals surface area contributed by atoms with Gasteiger partial charge in [0.1, 0.15) is 11.2 Å². The Bertz CT molecular complexity index is 3380. The topological polar surface area (TPSA) is 16.4 Å². The molecule has 0 saturated carbocycles. The molecule has 0 atom stereocenters. The molecule has 61 heavy (non-hydrogen) atoms. The summed E-state index contributed by atoms with van der Waals surface area (Å²) in [5, 5.41) is 4.58. The molecule has 1 aliphatic rings. The molecule has 0 N–H and O–H groups in total. The molecule has 0 amide bonds. The van der Waals surface area contributed by atoms with Gasteiger partial charge in [-0.3, -0.25) is 0 Å². The van der Waals surface area contributed by atoms with Crippen LogP contribution >= 0.6 is 0 Å². The van der Waals surface area contributed by atoms with Crippen LogP contribution in [0.5, 0.6) is 0 Å². The first-order valence-electron chi connectivity index (χ1n) is 21.0. The van der Waals surface area contributed by atoms with Crippen LogP contribution in [0.25, 0.3) is 66.1 Å². The van der Waals surface area contributed by atoms with Gasteiger partial charge in [0, 0.05) is 22.1 Å². The molecule has 0 fully saturated rings. The third-order valence-electron chi connectivity index (χ3n) is 12.8. The zero-order valence-corrected chi connectivity index (χ0v) is 33.4. The molecular formula is C59H39NO. The molecule has 10 aromatic carbocycles. The van der Waals surface area contributed by atoms with E-state index in [1.807, 2.05) is 0 Å².